The van der Waals surface area contributed by atoms with Gasteiger partial charge in [-0.15, -0.1) is 0 Å². The Morgan fingerprint density at radius 3 is 2.17 bits per heavy atom. The topological polar surface area (TPSA) is 66.8 Å². The molecule has 0 radical (unpaired) electrons. The minimum Gasteiger partial charge on any atom is -0.478 e. The molecule has 3 aromatic rings. The van der Waals surface area contributed by atoms with Gasteiger partial charge in [-0.3, -0.25) is 0 Å². The number of carbonyl (C=O) groups is 1. The van der Waals surface area contributed by atoms with Crippen LogP contribution in [0.5, 0.6) is 5.75 Å². The Balaban J connectivity index is 1.42. The molecule has 0 heterocycles. The summed E-state index contributed by atoms with van der Waals surface area (Å²) in [6, 6.07) is 18.0. The number of aromatic carboxylic acids is 1. The zero-order chi connectivity index (χ0) is 24.9. The van der Waals surface area contributed by atoms with Crippen LogP contribution in [-0.2, 0) is 5.41 Å². The summed E-state index contributed by atoms with van der Waals surface area (Å²) in [5.74, 6) is 2.43. The molecule has 1 atom stereocenters. The van der Waals surface area contributed by atoms with Crippen LogP contribution in [0.3, 0.4) is 0 Å². The first kappa shape index (κ1) is 23.5. The molecule has 0 saturated heterocycles. The monoisotopic (exact) mass is 484 g/mol. The summed E-state index contributed by atoms with van der Waals surface area (Å²) in [7, 11) is 0. The second-order valence-corrected chi connectivity index (χ2v) is 11.7. The third-order valence-corrected chi connectivity index (χ3v) is 9.08. The lowest BCUT2D eigenvalue weighted by Gasteiger charge is -2.57. The second kappa shape index (κ2) is 9.23. The van der Waals surface area contributed by atoms with Crippen LogP contribution in [0.15, 0.2) is 54.6 Å². The van der Waals surface area contributed by atoms with E-state index >= 15 is 0 Å². The van der Waals surface area contributed by atoms with E-state index in [1.165, 1.54) is 49.5 Å². The van der Waals surface area contributed by atoms with Crippen molar-refractivity contribution in [3.8, 4) is 16.9 Å². The normalized spacial score (nSPS) is 27.3. The molecule has 0 aliphatic heterocycles. The van der Waals surface area contributed by atoms with E-state index in [1.54, 1.807) is 12.1 Å². The van der Waals surface area contributed by atoms with Crippen LogP contribution >= 0.6 is 0 Å². The van der Waals surface area contributed by atoms with E-state index in [9.17, 15) is 15.0 Å². The highest BCUT2D eigenvalue weighted by molar-refractivity contribution is 5.91. The molecule has 7 rings (SSSR count). The number of ether oxygens (including phenoxy) is 1. The first-order chi connectivity index (χ1) is 17.4. The molecular weight excluding hydrogens is 448 g/mol. The molecule has 4 saturated carbocycles. The van der Waals surface area contributed by atoms with Gasteiger partial charge in [0.1, 0.15) is 5.75 Å². The van der Waals surface area contributed by atoms with Crippen LogP contribution in [0, 0.1) is 17.8 Å². The molecule has 4 heteroatoms. The minimum absolute atomic E-state index is 0.155. The van der Waals surface area contributed by atoms with Crippen LogP contribution in [-0.4, -0.2) is 22.5 Å². The quantitative estimate of drug-likeness (QED) is 0.324. The Labute approximate surface area is 213 Å². The Hall–Kier alpha value is -2.85. The van der Waals surface area contributed by atoms with Crippen molar-refractivity contribution in [3.63, 3.8) is 0 Å². The SMILES string of the molecule is CCCCC(O)Oc1cc2ccc(-c3ccc(C(=O)O)cc3)cc2cc1C12CC3CC(CC(C3)C1)C2. The van der Waals surface area contributed by atoms with Crippen molar-refractivity contribution in [1.82, 2.24) is 0 Å². The molecule has 3 aromatic carbocycles. The van der Waals surface area contributed by atoms with Crippen molar-refractivity contribution >= 4 is 16.7 Å². The Morgan fingerprint density at radius 2 is 1.56 bits per heavy atom. The average molecular weight is 485 g/mol. The lowest BCUT2D eigenvalue weighted by molar-refractivity contribution is -0.0324. The highest BCUT2D eigenvalue weighted by atomic mass is 16.6. The van der Waals surface area contributed by atoms with E-state index in [-0.39, 0.29) is 5.41 Å². The zero-order valence-corrected chi connectivity index (χ0v) is 21.1. The number of aliphatic hydroxyl groups is 1. The Morgan fingerprint density at radius 1 is 0.917 bits per heavy atom. The third kappa shape index (κ3) is 4.30. The minimum atomic E-state index is -0.908. The van der Waals surface area contributed by atoms with Crippen LogP contribution in [0.25, 0.3) is 21.9 Å². The van der Waals surface area contributed by atoms with Crippen molar-refractivity contribution in [3.05, 3.63) is 65.7 Å². The molecule has 36 heavy (non-hydrogen) atoms. The lowest BCUT2D eigenvalue weighted by atomic mass is 9.48. The van der Waals surface area contributed by atoms with Gasteiger partial charge in [0.2, 0.25) is 0 Å². The number of fused-ring (bicyclic) bond motifs is 1. The van der Waals surface area contributed by atoms with Crippen molar-refractivity contribution in [2.24, 2.45) is 17.8 Å². The van der Waals surface area contributed by atoms with Gasteiger partial charge in [-0.05, 0) is 120 Å². The van der Waals surface area contributed by atoms with E-state index in [4.69, 9.17) is 4.74 Å². The molecule has 4 fully saturated rings. The lowest BCUT2D eigenvalue weighted by Crippen LogP contribution is -2.48. The van der Waals surface area contributed by atoms with Gasteiger partial charge in [0.25, 0.3) is 0 Å². The number of unbranched alkanes of at least 4 members (excludes halogenated alkanes) is 1. The molecule has 4 aliphatic rings. The third-order valence-electron chi connectivity index (χ3n) is 9.08. The fourth-order valence-corrected chi connectivity index (χ4v) is 7.80. The van der Waals surface area contributed by atoms with Crippen LogP contribution in [0.4, 0.5) is 0 Å². The first-order valence-corrected chi connectivity index (χ1v) is 13.7. The molecule has 0 aromatic heterocycles. The number of hydrogen-bond donors (Lipinski definition) is 2. The number of carboxylic acid groups (broad SMARTS) is 1. The van der Waals surface area contributed by atoms with E-state index in [1.807, 2.05) is 12.1 Å². The molecule has 0 amide bonds. The smallest absolute Gasteiger partial charge is 0.335 e. The molecule has 2 N–H and O–H groups in total. The molecular formula is C32H36O4. The van der Waals surface area contributed by atoms with Crippen molar-refractivity contribution in [2.75, 3.05) is 0 Å². The van der Waals surface area contributed by atoms with Gasteiger partial charge >= 0.3 is 5.97 Å². The number of aliphatic hydroxyl groups excluding tert-OH is 1. The largest absolute Gasteiger partial charge is 0.478 e. The van der Waals surface area contributed by atoms with Gasteiger partial charge in [-0.1, -0.05) is 37.6 Å². The summed E-state index contributed by atoms with van der Waals surface area (Å²) in [4.78, 5) is 11.3. The molecule has 188 valence electrons. The molecule has 1 unspecified atom stereocenters. The maximum atomic E-state index is 11.3. The summed E-state index contributed by atoms with van der Waals surface area (Å²) in [5.41, 5.74) is 3.83. The van der Waals surface area contributed by atoms with Crippen LogP contribution in [0.1, 0.15) is 80.6 Å². The summed E-state index contributed by atoms with van der Waals surface area (Å²) in [5, 5.41) is 22.2. The predicted molar refractivity (Wildman–Crippen MR) is 142 cm³/mol. The summed E-state index contributed by atoms with van der Waals surface area (Å²) in [6.45, 7) is 2.14. The van der Waals surface area contributed by atoms with Gasteiger partial charge < -0.3 is 14.9 Å². The standard InChI is InChI=1S/C32H36O4/c1-2-3-4-30(33)36-29-16-26-10-9-25(23-5-7-24(8-6-23)31(34)35)14-27(26)15-28(29)32-17-20-11-21(18-32)13-22(12-20)19-32/h5-10,14-16,20-22,30,33H,2-4,11-13,17-19H2,1H3,(H,34,35). The summed E-state index contributed by atoms with van der Waals surface area (Å²) < 4.78 is 6.30. The van der Waals surface area contributed by atoms with Crippen molar-refractivity contribution in [2.45, 2.75) is 76.4 Å². The van der Waals surface area contributed by atoms with Crippen LogP contribution in [0.2, 0.25) is 0 Å². The van der Waals surface area contributed by atoms with E-state index in [2.05, 4.69) is 37.3 Å². The fraction of sp³-hybridized carbons (Fsp3) is 0.469. The predicted octanol–water partition coefficient (Wildman–Crippen LogP) is 7.56. The van der Waals surface area contributed by atoms with Crippen molar-refractivity contribution < 1.29 is 19.7 Å². The first-order valence-electron chi connectivity index (χ1n) is 13.7. The van der Waals surface area contributed by atoms with Gasteiger partial charge in [-0.25, -0.2) is 4.79 Å². The number of hydrogen-bond acceptors (Lipinski definition) is 3. The fourth-order valence-electron chi connectivity index (χ4n) is 7.80. The molecule has 4 aliphatic carbocycles. The number of carboxylic acids is 1. The molecule has 4 nitrogen and oxygen atoms in total. The highest BCUT2D eigenvalue weighted by Crippen LogP contribution is 2.62. The van der Waals surface area contributed by atoms with Gasteiger partial charge in [0.15, 0.2) is 6.29 Å². The number of rotatable bonds is 8. The number of benzene rings is 3. The maximum absolute atomic E-state index is 11.3. The van der Waals surface area contributed by atoms with E-state index < -0.39 is 12.3 Å². The summed E-state index contributed by atoms with van der Waals surface area (Å²) >= 11 is 0. The average Bonchev–Trinajstić information content (AvgIpc) is 2.86. The van der Waals surface area contributed by atoms with Gasteiger partial charge in [-0.2, -0.15) is 0 Å². The molecule has 4 bridgehead atoms. The Kier molecular flexibility index (Phi) is 6.03. The summed E-state index contributed by atoms with van der Waals surface area (Å²) in [6.07, 6.45) is 9.74. The van der Waals surface area contributed by atoms with E-state index in [0.717, 1.165) is 52.9 Å². The molecule has 0 spiro atoms. The van der Waals surface area contributed by atoms with Crippen LogP contribution < -0.4 is 4.74 Å². The maximum Gasteiger partial charge on any atom is 0.335 e. The van der Waals surface area contributed by atoms with E-state index in [0.29, 0.717) is 12.0 Å². The highest BCUT2D eigenvalue weighted by Gasteiger charge is 2.52. The zero-order valence-electron chi connectivity index (χ0n) is 21.1. The van der Waals surface area contributed by atoms with Crippen molar-refractivity contribution in [1.29, 1.82) is 0 Å². The van der Waals surface area contributed by atoms with Gasteiger partial charge in [0.05, 0.1) is 5.56 Å². The second-order valence-electron chi connectivity index (χ2n) is 11.7. The Bertz CT molecular complexity index is 1240. The van der Waals surface area contributed by atoms with Gasteiger partial charge in [0, 0.05) is 12.0 Å².